The van der Waals surface area contributed by atoms with Crippen molar-refractivity contribution in [3.8, 4) is 22.6 Å². The fourth-order valence-electron chi connectivity index (χ4n) is 3.29. The highest BCUT2D eigenvalue weighted by molar-refractivity contribution is 7.98. The van der Waals surface area contributed by atoms with Crippen molar-refractivity contribution in [2.75, 3.05) is 32.3 Å². The Morgan fingerprint density at radius 2 is 1.91 bits per heavy atom. The van der Waals surface area contributed by atoms with E-state index in [0.29, 0.717) is 33.6 Å². The number of rotatable bonds is 7. The Hall–Kier alpha value is -2.38. The minimum atomic E-state index is -3.32. The van der Waals surface area contributed by atoms with Crippen molar-refractivity contribution >= 4 is 21.8 Å². The van der Waals surface area contributed by atoms with Crippen molar-refractivity contribution in [2.24, 2.45) is 5.41 Å². The molecule has 1 fully saturated rings. The summed E-state index contributed by atoms with van der Waals surface area (Å²) < 4.78 is 50.7. The number of aromatic amines is 1. The van der Waals surface area contributed by atoms with Gasteiger partial charge >= 0.3 is 0 Å². The maximum absolute atomic E-state index is 13.5. The van der Waals surface area contributed by atoms with Gasteiger partial charge in [-0.25, -0.2) is 32.5 Å². The molecular formula is C21H24FN5O4S2. The molecule has 2 N–H and O–H groups in total. The summed E-state index contributed by atoms with van der Waals surface area (Å²) in [7, 11) is -3.32. The van der Waals surface area contributed by atoms with Crippen LogP contribution in [0.2, 0.25) is 0 Å². The molecule has 1 aliphatic heterocycles. The van der Waals surface area contributed by atoms with Gasteiger partial charge in [-0.3, -0.25) is 0 Å². The van der Waals surface area contributed by atoms with E-state index < -0.39 is 21.7 Å². The lowest BCUT2D eigenvalue weighted by molar-refractivity contribution is -0.231. The zero-order chi connectivity index (χ0) is 23.6. The van der Waals surface area contributed by atoms with Gasteiger partial charge < -0.3 is 14.5 Å². The topological polar surface area (TPSA) is 119 Å². The van der Waals surface area contributed by atoms with Gasteiger partial charge in [-0.1, -0.05) is 18.7 Å². The van der Waals surface area contributed by atoms with Crippen molar-refractivity contribution < 1.29 is 22.3 Å². The van der Waals surface area contributed by atoms with E-state index in [-0.39, 0.29) is 25.6 Å². The lowest BCUT2D eigenvalue weighted by atomic mass is 9.92. The van der Waals surface area contributed by atoms with E-state index in [1.54, 1.807) is 24.4 Å². The van der Waals surface area contributed by atoms with Crippen LogP contribution < -0.4 is 4.72 Å². The second-order valence-corrected chi connectivity index (χ2v) is 10.7. The van der Waals surface area contributed by atoms with Gasteiger partial charge in [0.25, 0.3) is 0 Å². The predicted octanol–water partition coefficient (Wildman–Crippen LogP) is 3.00. The number of ether oxygens (including phenoxy) is 2. The zero-order valence-electron chi connectivity index (χ0n) is 18.3. The third-order valence-electron chi connectivity index (χ3n) is 5.06. The molecule has 1 aromatic carbocycles. The normalized spacial score (nSPS) is 21.3. The number of benzene rings is 1. The molecule has 0 bridgehead atoms. The van der Waals surface area contributed by atoms with Crippen molar-refractivity contribution in [2.45, 2.75) is 18.4 Å². The summed E-state index contributed by atoms with van der Waals surface area (Å²) in [6.45, 7) is 2.61. The van der Waals surface area contributed by atoms with Crippen molar-refractivity contribution in [1.82, 2.24) is 24.7 Å². The van der Waals surface area contributed by atoms with Gasteiger partial charge in [0.05, 0.1) is 36.6 Å². The molecule has 0 saturated carbocycles. The molecule has 0 radical (unpaired) electrons. The van der Waals surface area contributed by atoms with Gasteiger partial charge in [-0.05, 0) is 36.6 Å². The Morgan fingerprint density at radius 3 is 2.55 bits per heavy atom. The first-order chi connectivity index (χ1) is 15.7. The van der Waals surface area contributed by atoms with E-state index >= 15 is 0 Å². The largest absolute Gasteiger partial charge is 0.345 e. The number of sulfonamides is 1. The second-order valence-electron chi connectivity index (χ2n) is 8.14. The molecule has 0 unspecified atom stereocenters. The number of nitrogens with one attached hydrogen (secondary N) is 2. The average Bonchev–Trinajstić information content (AvgIpc) is 3.24. The third-order valence-corrected chi connectivity index (χ3v) is 6.29. The number of imidazole rings is 1. The van der Waals surface area contributed by atoms with Gasteiger partial charge in [0.1, 0.15) is 5.82 Å². The first-order valence-corrected chi connectivity index (χ1v) is 13.2. The first kappa shape index (κ1) is 23.8. The molecule has 0 aliphatic carbocycles. The van der Waals surface area contributed by atoms with Crippen molar-refractivity contribution in [3.63, 3.8) is 0 Å². The Bertz CT molecular complexity index is 1230. The summed E-state index contributed by atoms with van der Waals surface area (Å²) in [4.78, 5) is 16.7. The Kier molecular flexibility index (Phi) is 6.82. The molecule has 2 aromatic heterocycles. The van der Waals surface area contributed by atoms with E-state index in [1.165, 1.54) is 23.9 Å². The number of halogens is 1. The highest BCUT2D eigenvalue weighted by Crippen LogP contribution is 2.35. The van der Waals surface area contributed by atoms with Gasteiger partial charge in [-0.15, -0.1) is 0 Å². The minimum Gasteiger partial charge on any atom is -0.345 e. The van der Waals surface area contributed by atoms with E-state index in [2.05, 4.69) is 19.7 Å². The van der Waals surface area contributed by atoms with Gasteiger partial charge in [0, 0.05) is 23.7 Å². The molecule has 12 heteroatoms. The molecule has 176 valence electrons. The SMILES string of the molecule is CSc1nccc(-c2[nH]c(C3OCC(C)(CNS(C)(=O)=O)CO3)nc2-c2ccc(F)cc2)n1. The van der Waals surface area contributed by atoms with Crippen LogP contribution in [0.15, 0.2) is 41.7 Å². The number of hydrogen-bond donors (Lipinski definition) is 2. The first-order valence-electron chi connectivity index (χ1n) is 10.1. The zero-order valence-corrected chi connectivity index (χ0v) is 20.0. The van der Waals surface area contributed by atoms with E-state index in [0.717, 1.165) is 6.26 Å². The van der Waals surface area contributed by atoms with Crippen LogP contribution in [0.3, 0.4) is 0 Å². The van der Waals surface area contributed by atoms with E-state index in [4.69, 9.17) is 14.5 Å². The fourth-order valence-corrected chi connectivity index (χ4v) is 4.26. The van der Waals surface area contributed by atoms with Crippen molar-refractivity contribution in [1.29, 1.82) is 0 Å². The fraction of sp³-hybridized carbons (Fsp3) is 0.381. The highest BCUT2D eigenvalue weighted by atomic mass is 32.2. The molecule has 1 saturated heterocycles. The molecule has 3 aromatic rings. The van der Waals surface area contributed by atoms with Crippen LogP contribution in [0.5, 0.6) is 0 Å². The second kappa shape index (κ2) is 9.47. The predicted molar refractivity (Wildman–Crippen MR) is 122 cm³/mol. The van der Waals surface area contributed by atoms with Crippen LogP contribution in [0.4, 0.5) is 4.39 Å². The third kappa shape index (κ3) is 5.76. The Morgan fingerprint density at radius 1 is 1.21 bits per heavy atom. The number of aromatic nitrogens is 4. The standard InChI is InChI=1S/C21H24FN5O4S2/c1-21(10-24-33(3,28)29)11-30-19(31-12-21)18-26-16(13-4-6-14(22)7-5-13)17(27-18)15-8-9-23-20(25-15)32-2/h4-9,19,24H,10-12H2,1-3H3,(H,26,27). The summed E-state index contributed by atoms with van der Waals surface area (Å²) in [6, 6.07) is 7.79. The summed E-state index contributed by atoms with van der Waals surface area (Å²) in [5.41, 5.74) is 2.03. The number of hydrogen-bond acceptors (Lipinski definition) is 8. The van der Waals surface area contributed by atoms with Gasteiger partial charge in [-0.2, -0.15) is 0 Å². The smallest absolute Gasteiger partial charge is 0.217 e. The Labute approximate surface area is 195 Å². The van der Waals surface area contributed by atoms with E-state index in [1.807, 2.05) is 13.2 Å². The molecule has 4 rings (SSSR count). The average molecular weight is 494 g/mol. The number of nitrogens with zero attached hydrogens (tertiary/aromatic N) is 3. The number of H-pyrrole nitrogens is 1. The molecule has 3 heterocycles. The lowest BCUT2D eigenvalue weighted by Crippen LogP contribution is -2.45. The van der Waals surface area contributed by atoms with E-state index in [9.17, 15) is 12.8 Å². The molecule has 1 aliphatic rings. The highest BCUT2D eigenvalue weighted by Gasteiger charge is 2.35. The van der Waals surface area contributed by atoms with Crippen LogP contribution in [-0.2, 0) is 19.5 Å². The summed E-state index contributed by atoms with van der Waals surface area (Å²) >= 11 is 1.42. The minimum absolute atomic E-state index is 0.196. The molecule has 9 nitrogen and oxygen atoms in total. The van der Waals surface area contributed by atoms with Crippen LogP contribution >= 0.6 is 11.8 Å². The van der Waals surface area contributed by atoms with Crippen molar-refractivity contribution in [3.05, 3.63) is 48.2 Å². The van der Waals surface area contributed by atoms with Crippen LogP contribution in [0.25, 0.3) is 22.6 Å². The maximum Gasteiger partial charge on any atom is 0.217 e. The monoisotopic (exact) mass is 493 g/mol. The molecule has 33 heavy (non-hydrogen) atoms. The quantitative estimate of drug-likeness (QED) is 0.381. The molecule has 0 amide bonds. The molecular weight excluding hydrogens is 469 g/mol. The summed E-state index contributed by atoms with van der Waals surface area (Å²) in [5.74, 6) is 0.0930. The van der Waals surface area contributed by atoms with Crippen LogP contribution in [0.1, 0.15) is 19.0 Å². The summed E-state index contributed by atoms with van der Waals surface area (Å²) in [6.07, 6.45) is 3.89. The summed E-state index contributed by atoms with van der Waals surface area (Å²) in [5, 5.41) is 0.605. The lowest BCUT2D eigenvalue weighted by Gasteiger charge is -2.36. The Balaban J connectivity index is 1.63. The van der Waals surface area contributed by atoms with Crippen LogP contribution in [-0.4, -0.2) is 60.6 Å². The molecule has 0 atom stereocenters. The molecule has 0 spiro atoms. The number of thioether (sulfide) groups is 1. The maximum atomic E-state index is 13.5. The van der Waals surface area contributed by atoms with Crippen LogP contribution in [0, 0.1) is 11.2 Å². The van der Waals surface area contributed by atoms with Gasteiger partial charge in [0.15, 0.2) is 11.0 Å². The van der Waals surface area contributed by atoms with Gasteiger partial charge in [0.2, 0.25) is 16.3 Å².